The fourth-order valence-corrected chi connectivity index (χ4v) is 2.46. The SMILES string of the molecule is CCNCC1CCCN(Cc2nncn2C)C1. The molecule has 1 fully saturated rings. The molecule has 1 N–H and O–H groups in total. The van der Waals surface area contributed by atoms with Gasteiger partial charge in [0.15, 0.2) is 0 Å². The van der Waals surface area contributed by atoms with Crippen LogP contribution in [0.4, 0.5) is 0 Å². The largest absolute Gasteiger partial charge is 0.320 e. The van der Waals surface area contributed by atoms with Crippen molar-refractivity contribution in [1.29, 1.82) is 0 Å². The first kappa shape index (κ1) is 12.5. The molecule has 1 atom stereocenters. The van der Waals surface area contributed by atoms with Gasteiger partial charge >= 0.3 is 0 Å². The summed E-state index contributed by atoms with van der Waals surface area (Å²) in [5.74, 6) is 1.85. The van der Waals surface area contributed by atoms with E-state index in [9.17, 15) is 0 Å². The third-order valence-electron chi connectivity index (χ3n) is 3.46. The maximum atomic E-state index is 4.15. The van der Waals surface area contributed by atoms with Crippen LogP contribution in [0.5, 0.6) is 0 Å². The van der Waals surface area contributed by atoms with Crippen molar-refractivity contribution in [2.75, 3.05) is 26.2 Å². The molecule has 0 spiro atoms. The highest BCUT2D eigenvalue weighted by atomic mass is 15.3. The lowest BCUT2D eigenvalue weighted by Gasteiger charge is -2.32. The van der Waals surface area contributed by atoms with Gasteiger partial charge in [0.25, 0.3) is 0 Å². The van der Waals surface area contributed by atoms with E-state index in [1.54, 1.807) is 6.33 Å². The summed E-state index contributed by atoms with van der Waals surface area (Å²) in [6, 6.07) is 0. The Morgan fingerprint density at radius 3 is 3.12 bits per heavy atom. The van der Waals surface area contributed by atoms with Crippen molar-refractivity contribution in [3.8, 4) is 0 Å². The van der Waals surface area contributed by atoms with Gasteiger partial charge in [0.05, 0.1) is 6.54 Å². The smallest absolute Gasteiger partial charge is 0.146 e. The van der Waals surface area contributed by atoms with E-state index in [1.165, 1.54) is 25.9 Å². The van der Waals surface area contributed by atoms with E-state index >= 15 is 0 Å². The zero-order valence-electron chi connectivity index (χ0n) is 10.9. The first-order valence-corrected chi connectivity index (χ1v) is 6.55. The molecule has 2 rings (SSSR count). The molecule has 1 aromatic heterocycles. The van der Waals surface area contributed by atoms with Gasteiger partial charge in [-0.15, -0.1) is 10.2 Å². The van der Waals surface area contributed by atoms with Crippen LogP contribution in [-0.4, -0.2) is 45.8 Å². The van der Waals surface area contributed by atoms with Crippen LogP contribution in [0, 0.1) is 5.92 Å². The number of hydrogen-bond acceptors (Lipinski definition) is 4. The number of nitrogens with zero attached hydrogens (tertiary/aromatic N) is 4. The molecule has 2 heterocycles. The molecule has 1 unspecified atom stereocenters. The molecule has 0 aromatic carbocycles. The second-order valence-corrected chi connectivity index (χ2v) is 4.91. The molecule has 1 aromatic rings. The minimum atomic E-state index is 0.789. The lowest BCUT2D eigenvalue weighted by Crippen LogP contribution is -2.39. The number of aryl methyl sites for hydroxylation is 1. The van der Waals surface area contributed by atoms with Crippen molar-refractivity contribution in [3.05, 3.63) is 12.2 Å². The summed E-state index contributed by atoms with van der Waals surface area (Å²) in [5.41, 5.74) is 0. The van der Waals surface area contributed by atoms with E-state index in [1.807, 2.05) is 11.6 Å². The average Bonchev–Trinajstić information content (AvgIpc) is 2.73. The van der Waals surface area contributed by atoms with Gasteiger partial charge < -0.3 is 9.88 Å². The molecule has 1 aliphatic rings. The van der Waals surface area contributed by atoms with Gasteiger partial charge in [-0.25, -0.2) is 0 Å². The first-order chi connectivity index (χ1) is 8.29. The Hall–Kier alpha value is -0.940. The Bertz CT molecular complexity index is 335. The third-order valence-corrected chi connectivity index (χ3v) is 3.46. The number of aromatic nitrogens is 3. The van der Waals surface area contributed by atoms with E-state index in [0.717, 1.165) is 31.4 Å². The number of piperidine rings is 1. The van der Waals surface area contributed by atoms with Crippen molar-refractivity contribution in [2.24, 2.45) is 13.0 Å². The van der Waals surface area contributed by atoms with Crippen LogP contribution in [0.15, 0.2) is 6.33 Å². The quantitative estimate of drug-likeness (QED) is 0.816. The van der Waals surface area contributed by atoms with E-state index in [-0.39, 0.29) is 0 Å². The molecule has 0 amide bonds. The highest BCUT2D eigenvalue weighted by Gasteiger charge is 2.20. The highest BCUT2D eigenvalue weighted by Crippen LogP contribution is 2.17. The van der Waals surface area contributed by atoms with Gasteiger partial charge in [-0.3, -0.25) is 4.90 Å². The normalized spacial score (nSPS) is 21.9. The Kier molecular flexibility index (Phi) is 4.50. The van der Waals surface area contributed by atoms with Gasteiger partial charge in [0.1, 0.15) is 12.2 Å². The van der Waals surface area contributed by atoms with Gasteiger partial charge in [-0.1, -0.05) is 6.92 Å². The molecule has 1 saturated heterocycles. The molecule has 5 nitrogen and oxygen atoms in total. The van der Waals surface area contributed by atoms with Crippen LogP contribution in [0.2, 0.25) is 0 Å². The van der Waals surface area contributed by atoms with Crippen molar-refractivity contribution in [1.82, 2.24) is 25.0 Å². The molecule has 0 aliphatic carbocycles. The summed E-state index contributed by atoms with van der Waals surface area (Å²) in [6.07, 6.45) is 4.42. The van der Waals surface area contributed by atoms with E-state index in [4.69, 9.17) is 0 Å². The summed E-state index contributed by atoms with van der Waals surface area (Å²) in [5, 5.41) is 11.5. The molecule has 5 heteroatoms. The van der Waals surface area contributed by atoms with E-state index < -0.39 is 0 Å². The number of likely N-dealkylation sites (tertiary alicyclic amines) is 1. The Morgan fingerprint density at radius 2 is 2.41 bits per heavy atom. The van der Waals surface area contributed by atoms with Crippen LogP contribution < -0.4 is 5.32 Å². The summed E-state index contributed by atoms with van der Waals surface area (Å²) in [6.45, 7) is 7.68. The molecule has 0 saturated carbocycles. The molecular weight excluding hydrogens is 214 g/mol. The van der Waals surface area contributed by atoms with Gasteiger partial charge in [-0.05, 0) is 38.4 Å². The fourth-order valence-electron chi connectivity index (χ4n) is 2.46. The molecule has 96 valence electrons. The Morgan fingerprint density at radius 1 is 1.53 bits per heavy atom. The molecule has 17 heavy (non-hydrogen) atoms. The topological polar surface area (TPSA) is 46.0 Å². The predicted octanol–water partition coefficient (Wildman–Crippen LogP) is 0.637. The van der Waals surface area contributed by atoms with Crippen LogP contribution in [0.25, 0.3) is 0 Å². The zero-order valence-corrected chi connectivity index (χ0v) is 10.9. The summed E-state index contributed by atoms with van der Waals surface area (Å²) < 4.78 is 2.01. The summed E-state index contributed by atoms with van der Waals surface area (Å²) >= 11 is 0. The van der Waals surface area contributed by atoms with Gasteiger partial charge in [0, 0.05) is 13.6 Å². The van der Waals surface area contributed by atoms with Gasteiger partial charge in [-0.2, -0.15) is 0 Å². The second-order valence-electron chi connectivity index (χ2n) is 4.91. The molecule has 0 bridgehead atoms. The minimum Gasteiger partial charge on any atom is -0.320 e. The zero-order chi connectivity index (χ0) is 12.1. The third kappa shape index (κ3) is 3.51. The van der Waals surface area contributed by atoms with Crippen molar-refractivity contribution in [2.45, 2.75) is 26.3 Å². The monoisotopic (exact) mass is 237 g/mol. The first-order valence-electron chi connectivity index (χ1n) is 6.55. The Balaban J connectivity index is 1.83. The predicted molar refractivity (Wildman–Crippen MR) is 67.5 cm³/mol. The lowest BCUT2D eigenvalue weighted by molar-refractivity contribution is 0.161. The summed E-state index contributed by atoms with van der Waals surface area (Å²) in [7, 11) is 2.01. The van der Waals surface area contributed by atoms with Crippen molar-refractivity contribution in [3.63, 3.8) is 0 Å². The van der Waals surface area contributed by atoms with Crippen LogP contribution >= 0.6 is 0 Å². The lowest BCUT2D eigenvalue weighted by atomic mass is 9.98. The number of hydrogen-bond donors (Lipinski definition) is 1. The fraction of sp³-hybridized carbons (Fsp3) is 0.833. The Labute approximate surface area is 103 Å². The van der Waals surface area contributed by atoms with Crippen molar-refractivity contribution >= 4 is 0 Å². The maximum absolute atomic E-state index is 4.15. The van der Waals surface area contributed by atoms with Crippen LogP contribution in [0.1, 0.15) is 25.6 Å². The molecule has 1 aliphatic heterocycles. The van der Waals surface area contributed by atoms with Crippen LogP contribution in [0.3, 0.4) is 0 Å². The second kappa shape index (κ2) is 6.12. The van der Waals surface area contributed by atoms with Crippen LogP contribution in [-0.2, 0) is 13.6 Å². The maximum Gasteiger partial charge on any atom is 0.146 e. The number of rotatable bonds is 5. The number of nitrogens with one attached hydrogen (secondary N) is 1. The molecule has 0 radical (unpaired) electrons. The van der Waals surface area contributed by atoms with Gasteiger partial charge in [0.2, 0.25) is 0 Å². The standard InChI is InChI=1S/C12H23N5/c1-3-13-7-11-5-4-6-17(8-11)9-12-15-14-10-16(12)2/h10-11,13H,3-9H2,1-2H3. The highest BCUT2D eigenvalue weighted by molar-refractivity contribution is 4.86. The minimum absolute atomic E-state index is 0.789. The summed E-state index contributed by atoms with van der Waals surface area (Å²) in [4.78, 5) is 2.50. The van der Waals surface area contributed by atoms with Crippen molar-refractivity contribution < 1.29 is 0 Å². The molecular formula is C12H23N5. The van der Waals surface area contributed by atoms with E-state index in [2.05, 4.69) is 27.3 Å². The van der Waals surface area contributed by atoms with E-state index in [0.29, 0.717) is 0 Å². The average molecular weight is 237 g/mol.